The lowest BCUT2D eigenvalue weighted by atomic mass is 10.1. The van der Waals surface area contributed by atoms with E-state index in [9.17, 15) is 0 Å². The zero-order valence-electron chi connectivity index (χ0n) is 22.0. The molecular weight excluding hydrogens is 519 g/mol. The predicted octanol–water partition coefficient (Wildman–Crippen LogP) is 3.99. The fourth-order valence-electron chi connectivity index (χ4n) is 4.84. The second kappa shape index (κ2) is 10.7. The first-order valence-electron chi connectivity index (χ1n) is 12.7. The van der Waals surface area contributed by atoms with E-state index in [-0.39, 0.29) is 5.56 Å². The average Bonchev–Trinajstić information content (AvgIpc) is 3.68. The second-order valence-electron chi connectivity index (χ2n) is 9.49. The highest BCUT2D eigenvalue weighted by atomic mass is 32.1. The standard InChI is InChI=1S/C27H29FN8O2S/c1-17-22(20-15-18(7-8-36(20)33-17)38-14-13-35-11-9-34(2)10-12-35)27-31-24(25(39-27)26-29-16-30-32-26)23-19(28)5-4-6-21(23)37-3/h4-8,15-16H,9-14H2,1-3H3,(H,29,30,32). The van der Waals surface area contributed by atoms with E-state index >= 15 is 4.39 Å². The normalized spacial score (nSPS) is 14.8. The van der Waals surface area contributed by atoms with Crippen molar-refractivity contribution < 1.29 is 13.9 Å². The van der Waals surface area contributed by atoms with Gasteiger partial charge in [0, 0.05) is 45.0 Å². The highest BCUT2D eigenvalue weighted by Crippen LogP contribution is 2.44. The van der Waals surface area contributed by atoms with Crippen LogP contribution in [0, 0.1) is 12.7 Å². The summed E-state index contributed by atoms with van der Waals surface area (Å²) in [5.74, 6) is 1.22. The molecule has 0 atom stereocenters. The molecule has 1 saturated heterocycles. The molecule has 0 amide bonds. The lowest BCUT2D eigenvalue weighted by Gasteiger charge is -2.32. The number of ether oxygens (including phenoxy) is 2. The molecular formula is C27H29FN8O2S. The van der Waals surface area contributed by atoms with E-state index in [0.29, 0.717) is 33.8 Å². The van der Waals surface area contributed by atoms with Crippen LogP contribution < -0.4 is 9.47 Å². The lowest BCUT2D eigenvalue weighted by Crippen LogP contribution is -2.45. The first-order chi connectivity index (χ1) is 19.0. The number of aryl methyl sites for hydroxylation is 1. The van der Waals surface area contributed by atoms with Crippen molar-refractivity contribution in [2.24, 2.45) is 0 Å². The van der Waals surface area contributed by atoms with Gasteiger partial charge >= 0.3 is 0 Å². The molecule has 1 aromatic carbocycles. The quantitative estimate of drug-likeness (QED) is 0.311. The summed E-state index contributed by atoms with van der Waals surface area (Å²) in [4.78, 5) is 14.7. The number of benzene rings is 1. The third kappa shape index (κ3) is 4.98. The Kier molecular flexibility index (Phi) is 6.98. The number of pyridine rings is 1. The fraction of sp³-hybridized carbons (Fsp3) is 0.333. The number of fused-ring (bicyclic) bond motifs is 1. The molecule has 5 heterocycles. The minimum Gasteiger partial charge on any atom is -0.496 e. The topological polar surface area (TPSA) is 96.7 Å². The molecule has 5 aromatic rings. The molecule has 6 rings (SSSR count). The summed E-state index contributed by atoms with van der Waals surface area (Å²) in [5.41, 5.74) is 3.21. The molecule has 0 aliphatic carbocycles. The summed E-state index contributed by atoms with van der Waals surface area (Å²) < 4.78 is 28.6. The molecule has 4 aromatic heterocycles. The molecule has 1 fully saturated rings. The van der Waals surface area contributed by atoms with Crippen molar-refractivity contribution in [2.45, 2.75) is 6.92 Å². The van der Waals surface area contributed by atoms with E-state index in [4.69, 9.17) is 19.6 Å². The number of aromatic nitrogens is 6. The summed E-state index contributed by atoms with van der Waals surface area (Å²) in [6, 6.07) is 8.63. The van der Waals surface area contributed by atoms with Gasteiger partial charge < -0.3 is 14.4 Å². The second-order valence-corrected chi connectivity index (χ2v) is 10.5. The van der Waals surface area contributed by atoms with Crippen LogP contribution in [0.25, 0.3) is 38.0 Å². The highest BCUT2D eigenvalue weighted by molar-refractivity contribution is 7.19. The van der Waals surface area contributed by atoms with E-state index < -0.39 is 5.82 Å². The summed E-state index contributed by atoms with van der Waals surface area (Å²) in [6.07, 6.45) is 3.31. The number of thiazole rings is 1. The van der Waals surface area contributed by atoms with E-state index in [1.807, 2.05) is 29.8 Å². The number of likely N-dealkylation sites (N-methyl/N-ethyl adjacent to an activating group) is 1. The maximum Gasteiger partial charge on any atom is 0.167 e. The number of rotatable bonds is 8. The van der Waals surface area contributed by atoms with Crippen LogP contribution in [0.2, 0.25) is 0 Å². The molecule has 10 nitrogen and oxygen atoms in total. The predicted molar refractivity (Wildman–Crippen MR) is 148 cm³/mol. The van der Waals surface area contributed by atoms with Gasteiger partial charge in [-0.05, 0) is 32.2 Å². The summed E-state index contributed by atoms with van der Waals surface area (Å²) >= 11 is 1.40. The number of nitrogens with zero attached hydrogens (tertiary/aromatic N) is 7. The van der Waals surface area contributed by atoms with E-state index in [0.717, 1.165) is 55.2 Å². The SMILES string of the molecule is COc1cccc(F)c1-c1nc(-c2c(C)nn3ccc(OCCN4CCN(C)CC4)cc23)sc1-c1ncn[nH]1. The number of nitrogens with one attached hydrogen (secondary N) is 1. The number of H-pyrrole nitrogens is 1. The van der Waals surface area contributed by atoms with Crippen LogP contribution in [-0.4, -0.2) is 93.1 Å². The van der Waals surface area contributed by atoms with Gasteiger partial charge in [-0.2, -0.15) is 10.2 Å². The maximum atomic E-state index is 15.2. The molecule has 1 aliphatic rings. The summed E-state index contributed by atoms with van der Waals surface area (Å²) in [5, 5.41) is 12.3. The molecule has 39 heavy (non-hydrogen) atoms. The van der Waals surface area contributed by atoms with Gasteiger partial charge in [-0.1, -0.05) is 6.07 Å². The molecule has 202 valence electrons. The smallest absolute Gasteiger partial charge is 0.167 e. The number of aromatic amines is 1. The monoisotopic (exact) mass is 548 g/mol. The Morgan fingerprint density at radius 1 is 1.13 bits per heavy atom. The Morgan fingerprint density at radius 2 is 1.97 bits per heavy atom. The number of methoxy groups -OCH3 is 1. The van der Waals surface area contributed by atoms with Gasteiger partial charge in [-0.15, -0.1) is 11.3 Å². The van der Waals surface area contributed by atoms with Gasteiger partial charge in [0.25, 0.3) is 0 Å². The van der Waals surface area contributed by atoms with Crippen molar-refractivity contribution in [3.05, 3.63) is 54.4 Å². The third-order valence-electron chi connectivity index (χ3n) is 6.96. The molecule has 0 spiro atoms. The molecule has 0 radical (unpaired) electrons. The average molecular weight is 549 g/mol. The van der Waals surface area contributed by atoms with Crippen molar-refractivity contribution in [3.8, 4) is 44.0 Å². The van der Waals surface area contributed by atoms with Gasteiger partial charge in [0.15, 0.2) is 5.82 Å². The Hall–Kier alpha value is -3.87. The van der Waals surface area contributed by atoms with Crippen LogP contribution in [0.3, 0.4) is 0 Å². The van der Waals surface area contributed by atoms with Crippen molar-refractivity contribution in [1.82, 2.24) is 39.6 Å². The van der Waals surface area contributed by atoms with Crippen molar-refractivity contribution in [1.29, 1.82) is 0 Å². The van der Waals surface area contributed by atoms with Crippen LogP contribution in [0.4, 0.5) is 4.39 Å². The Balaban J connectivity index is 1.36. The van der Waals surface area contributed by atoms with Gasteiger partial charge in [-0.25, -0.2) is 18.9 Å². The highest BCUT2D eigenvalue weighted by Gasteiger charge is 2.26. The maximum absolute atomic E-state index is 15.2. The van der Waals surface area contributed by atoms with Gasteiger partial charge in [-0.3, -0.25) is 10.00 Å². The first-order valence-corrected chi connectivity index (χ1v) is 13.6. The van der Waals surface area contributed by atoms with Gasteiger partial charge in [0.1, 0.15) is 35.3 Å². The van der Waals surface area contributed by atoms with E-state index in [2.05, 4.69) is 32.0 Å². The minimum absolute atomic E-state index is 0.274. The van der Waals surface area contributed by atoms with Crippen LogP contribution in [-0.2, 0) is 0 Å². The lowest BCUT2D eigenvalue weighted by molar-refractivity contribution is 0.134. The van der Waals surface area contributed by atoms with Crippen molar-refractivity contribution in [3.63, 3.8) is 0 Å². The zero-order chi connectivity index (χ0) is 26.9. The first kappa shape index (κ1) is 25.4. The Labute approximate surface area is 229 Å². The molecule has 1 N–H and O–H groups in total. The van der Waals surface area contributed by atoms with Gasteiger partial charge in [0.2, 0.25) is 0 Å². The molecule has 0 saturated carbocycles. The van der Waals surface area contributed by atoms with Crippen LogP contribution in [0.15, 0.2) is 42.9 Å². The zero-order valence-corrected chi connectivity index (χ0v) is 22.8. The Bertz CT molecular complexity index is 1590. The molecule has 12 heteroatoms. The largest absolute Gasteiger partial charge is 0.496 e. The number of hydrogen-bond acceptors (Lipinski definition) is 9. The van der Waals surface area contributed by atoms with Gasteiger partial charge in [0.05, 0.1) is 40.0 Å². The number of hydrogen-bond donors (Lipinski definition) is 1. The third-order valence-corrected chi connectivity index (χ3v) is 8.04. The fourth-order valence-corrected chi connectivity index (χ4v) is 5.96. The number of piperazine rings is 1. The Morgan fingerprint density at radius 3 is 2.74 bits per heavy atom. The molecule has 0 unspecified atom stereocenters. The van der Waals surface area contributed by atoms with Crippen LogP contribution in [0.5, 0.6) is 11.5 Å². The molecule has 0 bridgehead atoms. The summed E-state index contributed by atoms with van der Waals surface area (Å²) in [7, 11) is 3.67. The van der Waals surface area contributed by atoms with Crippen molar-refractivity contribution in [2.75, 3.05) is 53.5 Å². The summed E-state index contributed by atoms with van der Waals surface area (Å²) in [6.45, 7) is 7.69. The van der Waals surface area contributed by atoms with Crippen LogP contribution in [0.1, 0.15) is 5.69 Å². The van der Waals surface area contributed by atoms with E-state index in [1.54, 1.807) is 12.1 Å². The minimum atomic E-state index is -0.431. The van der Waals surface area contributed by atoms with Crippen molar-refractivity contribution >= 4 is 16.9 Å². The van der Waals surface area contributed by atoms with E-state index in [1.165, 1.54) is 30.8 Å². The molecule has 1 aliphatic heterocycles. The van der Waals surface area contributed by atoms with Crippen LogP contribution >= 0.6 is 11.3 Å². The number of halogens is 1.